The maximum atomic E-state index is 10.6. The van der Waals surface area contributed by atoms with Crippen LogP contribution in [-0.2, 0) is 12.8 Å². The molecule has 0 aliphatic heterocycles. The van der Waals surface area contributed by atoms with Crippen molar-refractivity contribution in [3.8, 4) is 0 Å². The van der Waals surface area contributed by atoms with Gasteiger partial charge in [0.15, 0.2) is 0 Å². The number of likely N-dealkylation sites (N-methyl/N-ethyl adjacent to an activating group) is 1. The zero-order chi connectivity index (χ0) is 14.5. The Kier molecular flexibility index (Phi) is 4.87. The lowest BCUT2D eigenvalue weighted by molar-refractivity contribution is -0.384. The molecule has 0 aliphatic rings. The number of hydrogen-bond donors (Lipinski definition) is 1. The summed E-state index contributed by atoms with van der Waals surface area (Å²) in [5, 5.41) is 14.0. The van der Waals surface area contributed by atoms with Crippen LogP contribution in [0, 0.1) is 10.1 Å². The van der Waals surface area contributed by atoms with Gasteiger partial charge in [0.05, 0.1) is 4.92 Å². The first kappa shape index (κ1) is 14.7. The van der Waals surface area contributed by atoms with Crippen molar-refractivity contribution in [3.05, 3.63) is 61.8 Å². The molecule has 1 unspecified atom stereocenters. The van der Waals surface area contributed by atoms with Crippen molar-refractivity contribution in [1.82, 2.24) is 5.32 Å². The summed E-state index contributed by atoms with van der Waals surface area (Å²) in [5.74, 6) is 0. The maximum Gasteiger partial charge on any atom is 0.269 e. The van der Waals surface area contributed by atoms with Crippen LogP contribution in [0.15, 0.2) is 36.4 Å². The molecule has 1 aromatic carbocycles. The minimum atomic E-state index is -0.369. The first-order chi connectivity index (χ1) is 9.63. The van der Waals surface area contributed by atoms with Crippen molar-refractivity contribution in [2.75, 3.05) is 7.05 Å². The molecule has 0 aliphatic carbocycles. The molecule has 1 heterocycles. The minimum Gasteiger partial charge on any atom is -0.312 e. The third-order valence-electron chi connectivity index (χ3n) is 3.31. The molecule has 0 fully saturated rings. The van der Waals surface area contributed by atoms with Gasteiger partial charge in [0.25, 0.3) is 5.69 Å². The standard InChI is InChI=1S/C15H18N2O2S/c1-3-13-8-9-15(20-13)14(16-2)10-11-4-6-12(7-5-11)17(18)19/h4-9,14,16H,3,10H2,1-2H3. The van der Waals surface area contributed by atoms with Crippen molar-refractivity contribution in [2.24, 2.45) is 0 Å². The number of aryl methyl sites for hydroxylation is 1. The van der Waals surface area contributed by atoms with Crippen LogP contribution in [0.3, 0.4) is 0 Å². The zero-order valence-corrected chi connectivity index (χ0v) is 12.4. The summed E-state index contributed by atoms with van der Waals surface area (Å²) in [6.07, 6.45) is 1.89. The highest BCUT2D eigenvalue weighted by molar-refractivity contribution is 7.12. The summed E-state index contributed by atoms with van der Waals surface area (Å²) in [6, 6.07) is 11.4. The Morgan fingerprint density at radius 2 is 1.95 bits per heavy atom. The average molecular weight is 290 g/mol. The number of nitro benzene ring substituents is 1. The van der Waals surface area contributed by atoms with E-state index >= 15 is 0 Å². The highest BCUT2D eigenvalue weighted by Crippen LogP contribution is 2.26. The predicted molar refractivity (Wildman–Crippen MR) is 82.3 cm³/mol. The number of non-ortho nitro benzene ring substituents is 1. The van der Waals surface area contributed by atoms with Crippen LogP contribution in [0.2, 0.25) is 0 Å². The predicted octanol–water partition coefficient (Wildman–Crippen LogP) is 3.72. The molecular weight excluding hydrogens is 272 g/mol. The van der Waals surface area contributed by atoms with Crippen LogP contribution in [0.4, 0.5) is 5.69 Å². The average Bonchev–Trinajstić information content (AvgIpc) is 2.94. The van der Waals surface area contributed by atoms with Crippen LogP contribution in [0.1, 0.15) is 28.3 Å². The number of thiophene rings is 1. The Morgan fingerprint density at radius 3 is 2.45 bits per heavy atom. The van der Waals surface area contributed by atoms with E-state index in [0.29, 0.717) is 0 Å². The summed E-state index contributed by atoms with van der Waals surface area (Å²) in [5.41, 5.74) is 1.24. The van der Waals surface area contributed by atoms with E-state index in [2.05, 4.69) is 24.4 Å². The second-order valence-corrected chi connectivity index (χ2v) is 5.83. The van der Waals surface area contributed by atoms with Crippen LogP contribution >= 0.6 is 11.3 Å². The third-order valence-corrected chi connectivity index (χ3v) is 4.65. The Balaban J connectivity index is 2.11. The van der Waals surface area contributed by atoms with E-state index in [1.807, 2.05) is 30.5 Å². The summed E-state index contributed by atoms with van der Waals surface area (Å²) in [4.78, 5) is 13.0. The fourth-order valence-corrected chi connectivity index (χ4v) is 3.17. The molecule has 0 saturated heterocycles. The summed E-state index contributed by atoms with van der Waals surface area (Å²) < 4.78 is 0. The molecule has 2 aromatic rings. The first-order valence-electron chi connectivity index (χ1n) is 6.63. The van der Waals surface area contributed by atoms with Crippen LogP contribution < -0.4 is 5.32 Å². The van der Waals surface area contributed by atoms with Gasteiger partial charge < -0.3 is 5.32 Å². The Bertz CT molecular complexity index is 578. The van der Waals surface area contributed by atoms with E-state index in [1.54, 1.807) is 12.1 Å². The molecule has 1 atom stereocenters. The van der Waals surface area contributed by atoms with Gasteiger partial charge >= 0.3 is 0 Å². The van der Waals surface area contributed by atoms with Gasteiger partial charge in [-0.25, -0.2) is 0 Å². The molecule has 0 bridgehead atoms. The Morgan fingerprint density at radius 1 is 1.25 bits per heavy atom. The lowest BCUT2D eigenvalue weighted by Gasteiger charge is -2.14. The first-order valence-corrected chi connectivity index (χ1v) is 7.45. The van der Waals surface area contributed by atoms with Crippen LogP contribution in [-0.4, -0.2) is 12.0 Å². The molecule has 1 aromatic heterocycles. The fraction of sp³-hybridized carbons (Fsp3) is 0.333. The van der Waals surface area contributed by atoms with Crippen LogP contribution in [0.5, 0.6) is 0 Å². The summed E-state index contributed by atoms with van der Waals surface area (Å²) in [6.45, 7) is 2.15. The molecule has 0 radical (unpaired) electrons. The molecule has 2 rings (SSSR count). The third kappa shape index (κ3) is 3.43. The monoisotopic (exact) mass is 290 g/mol. The SMILES string of the molecule is CCc1ccc(C(Cc2ccc([N+](=O)[O-])cc2)NC)s1. The van der Waals surface area contributed by atoms with Gasteiger partial charge in [-0.1, -0.05) is 19.1 Å². The van der Waals surface area contributed by atoms with Gasteiger partial charge in [0.1, 0.15) is 0 Å². The number of nitrogens with one attached hydrogen (secondary N) is 1. The van der Waals surface area contributed by atoms with Crippen LogP contribution in [0.25, 0.3) is 0 Å². The molecule has 4 nitrogen and oxygen atoms in total. The Hall–Kier alpha value is -1.72. The number of rotatable bonds is 6. The molecule has 1 N–H and O–H groups in total. The van der Waals surface area contributed by atoms with Crippen molar-refractivity contribution < 1.29 is 4.92 Å². The van der Waals surface area contributed by atoms with Crippen molar-refractivity contribution >= 4 is 17.0 Å². The molecule has 5 heteroatoms. The second-order valence-electron chi connectivity index (χ2n) is 4.63. The summed E-state index contributed by atoms with van der Waals surface area (Å²) in [7, 11) is 1.95. The van der Waals surface area contributed by atoms with E-state index in [9.17, 15) is 10.1 Å². The van der Waals surface area contributed by atoms with E-state index < -0.39 is 0 Å². The van der Waals surface area contributed by atoms with E-state index in [1.165, 1.54) is 9.75 Å². The van der Waals surface area contributed by atoms with Gasteiger partial charge in [0, 0.05) is 27.9 Å². The maximum absolute atomic E-state index is 10.6. The van der Waals surface area contributed by atoms with E-state index in [0.717, 1.165) is 18.4 Å². The molecule has 0 spiro atoms. The number of benzene rings is 1. The highest BCUT2D eigenvalue weighted by Gasteiger charge is 2.13. The quantitative estimate of drug-likeness (QED) is 0.651. The second kappa shape index (κ2) is 6.63. The molecule has 106 valence electrons. The Labute approximate surface area is 122 Å². The smallest absolute Gasteiger partial charge is 0.269 e. The van der Waals surface area contributed by atoms with Gasteiger partial charge in [-0.3, -0.25) is 10.1 Å². The highest BCUT2D eigenvalue weighted by atomic mass is 32.1. The number of nitrogens with zero attached hydrogens (tertiary/aromatic N) is 1. The van der Waals surface area contributed by atoms with E-state index in [4.69, 9.17) is 0 Å². The molecular formula is C15H18N2O2S. The van der Waals surface area contributed by atoms with Gasteiger partial charge in [-0.15, -0.1) is 11.3 Å². The molecule has 20 heavy (non-hydrogen) atoms. The number of hydrogen-bond acceptors (Lipinski definition) is 4. The topological polar surface area (TPSA) is 55.2 Å². The van der Waals surface area contributed by atoms with Gasteiger partial charge in [0.2, 0.25) is 0 Å². The molecule has 0 amide bonds. The molecule has 0 saturated carbocycles. The normalized spacial score (nSPS) is 12.3. The van der Waals surface area contributed by atoms with Gasteiger partial charge in [-0.2, -0.15) is 0 Å². The summed E-state index contributed by atoms with van der Waals surface area (Å²) >= 11 is 1.82. The van der Waals surface area contributed by atoms with Crippen molar-refractivity contribution in [1.29, 1.82) is 0 Å². The lowest BCUT2D eigenvalue weighted by atomic mass is 10.0. The van der Waals surface area contributed by atoms with Gasteiger partial charge in [-0.05, 0) is 37.6 Å². The fourth-order valence-electron chi connectivity index (χ4n) is 2.11. The largest absolute Gasteiger partial charge is 0.312 e. The lowest BCUT2D eigenvalue weighted by Crippen LogP contribution is -2.17. The van der Waals surface area contributed by atoms with E-state index in [-0.39, 0.29) is 16.7 Å². The number of nitro groups is 1. The zero-order valence-electron chi connectivity index (χ0n) is 11.6. The van der Waals surface area contributed by atoms with Crippen molar-refractivity contribution in [3.63, 3.8) is 0 Å². The van der Waals surface area contributed by atoms with Crippen molar-refractivity contribution in [2.45, 2.75) is 25.8 Å². The minimum absolute atomic E-state index is 0.138.